The topological polar surface area (TPSA) is 32.3 Å². The average Bonchev–Trinajstić information content (AvgIpc) is 2.53. The monoisotopic (exact) mass is 340 g/mol. The van der Waals surface area contributed by atoms with Crippen LogP contribution in [0.1, 0.15) is 26.7 Å². The van der Waals surface area contributed by atoms with E-state index in [-0.39, 0.29) is 11.8 Å². The normalized spacial score (nSPS) is 16.9. The molecule has 3 nitrogen and oxygen atoms in total. The van der Waals surface area contributed by atoms with Crippen molar-refractivity contribution in [1.82, 2.24) is 10.2 Å². The number of thioether (sulfide) groups is 1. The standard InChI is InChI=1S/C17H25ClN2OS/c1-13(2)20-10-7-14(8-11-20)17(21)19-9-12-22-16-5-3-15(18)4-6-16/h3-6,13-14H,7-12H2,1-2H3,(H,19,21). The number of piperidine rings is 1. The van der Waals surface area contributed by atoms with E-state index < -0.39 is 0 Å². The maximum atomic E-state index is 12.2. The summed E-state index contributed by atoms with van der Waals surface area (Å²) in [7, 11) is 0. The molecule has 0 bridgehead atoms. The van der Waals surface area contributed by atoms with Gasteiger partial charge in [-0.15, -0.1) is 11.8 Å². The molecule has 2 rings (SSSR count). The Labute approximate surface area is 142 Å². The maximum Gasteiger partial charge on any atom is 0.223 e. The van der Waals surface area contributed by atoms with Crippen molar-refractivity contribution in [1.29, 1.82) is 0 Å². The lowest BCUT2D eigenvalue weighted by molar-refractivity contribution is -0.126. The molecule has 0 atom stereocenters. The summed E-state index contributed by atoms with van der Waals surface area (Å²) in [5.74, 6) is 1.30. The molecule has 22 heavy (non-hydrogen) atoms. The molecule has 5 heteroatoms. The molecule has 1 aromatic rings. The van der Waals surface area contributed by atoms with E-state index in [0.717, 1.165) is 43.3 Å². The van der Waals surface area contributed by atoms with E-state index in [0.29, 0.717) is 6.04 Å². The second-order valence-corrected chi connectivity index (χ2v) is 7.60. The predicted octanol–water partition coefficient (Wildman–Crippen LogP) is 3.67. The largest absolute Gasteiger partial charge is 0.355 e. The van der Waals surface area contributed by atoms with Gasteiger partial charge in [-0.05, 0) is 64.0 Å². The van der Waals surface area contributed by atoms with Crippen LogP contribution in [0.2, 0.25) is 5.02 Å². The minimum atomic E-state index is 0.190. The van der Waals surface area contributed by atoms with Gasteiger partial charge in [0.25, 0.3) is 0 Å². The summed E-state index contributed by atoms with van der Waals surface area (Å²) in [5.41, 5.74) is 0. The summed E-state index contributed by atoms with van der Waals surface area (Å²) in [5, 5.41) is 3.83. The molecule has 1 aliphatic rings. The molecule has 1 aromatic carbocycles. The number of hydrogen-bond acceptors (Lipinski definition) is 3. The number of amides is 1. The van der Waals surface area contributed by atoms with E-state index in [4.69, 9.17) is 11.6 Å². The minimum Gasteiger partial charge on any atom is -0.355 e. The maximum absolute atomic E-state index is 12.2. The predicted molar refractivity (Wildman–Crippen MR) is 94.6 cm³/mol. The van der Waals surface area contributed by atoms with Crippen LogP contribution in [-0.4, -0.2) is 42.2 Å². The molecule has 0 aromatic heterocycles. The molecular formula is C17H25ClN2OS. The smallest absolute Gasteiger partial charge is 0.223 e. The van der Waals surface area contributed by atoms with Gasteiger partial charge in [0.1, 0.15) is 0 Å². The molecule has 0 saturated carbocycles. The van der Waals surface area contributed by atoms with Crippen LogP contribution in [0, 0.1) is 5.92 Å². The van der Waals surface area contributed by atoms with Crippen molar-refractivity contribution < 1.29 is 4.79 Å². The highest BCUT2D eigenvalue weighted by Gasteiger charge is 2.25. The number of carbonyl (C=O) groups is 1. The number of hydrogen-bond donors (Lipinski definition) is 1. The van der Waals surface area contributed by atoms with Crippen molar-refractivity contribution in [2.45, 2.75) is 37.6 Å². The average molecular weight is 341 g/mol. The van der Waals surface area contributed by atoms with Crippen LogP contribution in [0.5, 0.6) is 0 Å². The van der Waals surface area contributed by atoms with Gasteiger partial charge in [-0.1, -0.05) is 11.6 Å². The third kappa shape index (κ3) is 5.49. The Bertz CT molecular complexity index is 470. The number of nitrogens with zero attached hydrogens (tertiary/aromatic N) is 1. The fourth-order valence-corrected chi connectivity index (χ4v) is 3.59. The lowest BCUT2D eigenvalue weighted by atomic mass is 9.95. The van der Waals surface area contributed by atoms with Gasteiger partial charge >= 0.3 is 0 Å². The van der Waals surface area contributed by atoms with Crippen molar-refractivity contribution in [2.24, 2.45) is 5.92 Å². The van der Waals surface area contributed by atoms with Gasteiger partial charge in [0.05, 0.1) is 0 Å². The molecule has 1 aliphatic heterocycles. The summed E-state index contributed by atoms with van der Waals surface area (Å²) in [6.45, 7) is 7.23. The van der Waals surface area contributed by atoms with Crippen LogP contribution < -0.4 is 5.32 Å². The lowest BCUT2D eigenvalue weighted by Gasteiger charge is -2.33. The highest BCUT2D eigenvalue weighted by Crippen LogP contribution is 2.21. The summed E-state index contributed by atoms with van der Waals surface area (Å²) < 4.78 is 0. The fourth-order valence-electron chi connectivity index (χ4n) is 2.70. The van der Waals surface area contributed by atoms with E-state index in [2.05, 4.69) is 24.1 Å². The van der Waals surface area contributed by atoms with Gasteiger partial charge in [-0.2, -0.15) is 0 Å². The number of nitrogens with one attached hydrogen (secondary N) is 1. The van der Waals surface area contributed by atoms with Crippen LogP contribution in [0.25, 0.3) is 0 Å². The summed E-state index contributed by atoms with van der Waals surface area (Å²) in [4.78, 5) is 15.8. The van der Waals surface area contributed by atoms with Gasteiger partial charge in [-0.3, -0.25) is 4.79 Å². The van der Waals surface area contributed by atoms with Crippen LogP contribution in [0.4, 0.5) is 0 Å². The van der Waals surface area contributed by atoms with Gasteiger partial charge in [0, 0.05) is 34.2 Å². The fraction of sp³-hybridized carbons (Fsp3) is 0.588. The van der Waals surface area contributed by atoms with Gasteiger partial charge in [-0.25, -0.2) is 0 Å². The SMILES string of the molecule is CC(C)N1CCC(C(=O)NCCSc2ccc(Cl)cc2)CC1. The van der Waals surface area contributed by atoms with Crippen molar-refractivity contribution >= 4 is 29.3 Å². The van der Waals surface area contributed by atoms with E-state index in [1.165, 1.54) is 4.90 Å². The molecule has 1 saturated heterocycles. The van der Waals surface area contributed by atoms with Crippen LogP contribution in [0.15, 0.2) is 29.2 Å². The van der Waals surface area contributed by atoms with Crippen molar-refractivity contribution in [3.63, 3.8) is 0 Å². The molecule has 0 radical (unpaired) electrons. The zero-order valence-electron chi connectivity index (χ0n) is 13.3. The van der Waals surface area contributed by atoms with Crippen LogP contribution >= 0.6 is 23.4 Å². The van der Waals surface area contributed by atoms with Gasteiger partial charge < -0.3 is 10.2 Å². The Hall–Kier alpha value is -0.710. The molecule has 1 amide bonds. The van der Waals surface area contributed by atoms with Crippen molar-refractivity contribution in [3.05, 3.63) is 29.3 Å². The first-order valence-electron chi connectivity index (χ1n) is 7.96. The Kier molecular flexibility index (Phi) is 7.06. The first kappa shape index (κ1) is 17.6. The zero-order chi connectivity index (χ0) is 15.9. The zero-order valence-corrected chi connectivity index (χ0v) is 14.9. The number of likely N-dealkylation sites (tertiary alicyclic amines) is 1. The summed E-state index contributed by atoms with van der Waals surface area (Å²) >= 11 is 7.60. The third-order valence-electron chi connectivity index (χ3n) is 4.11. The highest BCUT2D eigenvalue weighted by molar-refractivity contribution is 7.99. The molecule has 0 unspecified atom stereocenters. The molecule has 0 aliphatic carbocycles. The second kappa shape index (κ2) is 8.80. The number of rotatable bonds is 6. The van der Waals surface area contributed by atoms with E-state index in [1.807, 2.05) is 24.3 Å². The minimum absolute atomic E-state index is 0.190. The first-order chi connectivity index (χ1) is 10.6. The van der Waals surface area contributed by atoms with E-state index in [1.54, 1.807) is 11.8 Å². The number of carbonyl (C=O) groups excluding carboxylic acids is 1. The highest BCUT2D eigenvalue weighted by atomic mass is 35.5. The molecule has 0 spiro atoms. The van der Waals surface area contributed by atoms with Gasteiger partial charge in [0.15, 0.2) is 0 Å². The van der Waals surface area contributed by atoms with E-state index >= 15 is 0 Å². The molecular weight excluding hydrogens is 316 g/mol. The quantitative estimate of drug-likeness (QED) is 0.633. The molecule has 1 heterocycles. The molecule has 1 N–H and O–H groups in total. The first-order valence-corrected chi connectivity index (χ1v) is 9.32. The number of benzene rings is 1. The van der Waals surface area contributed by atoms with Crippen LogP contribution in [-0.2, 0) is 4.79 Å². The Morgan fingerprint density at radius 3 is 2.55 bits per heavy atom. The number of halogens is 1. The van der Waals surface area contributed by atoms with Crippen molar-refractivity contribution in [3.8, 4) is 0 Å². The van der Waals surface area contributed by atoms with Crippen LogP contribution in [0.3, 0.4) is 0 Å². The lowest BCUT2D eigenvalue weighted by Crippen LogP contribution is -2.43. The van der Waals surface area contributed by atoms with Crippen molar-refractivity contribution in [2.75, 3.05) is 25.4 Å². The van der Waals surface area contributed by atoms with Gasteiger partial charge in [0.2, 0.25) is 5.91 Å². The summed E-state index contributed by atoms with van der Waals surface area (Å²) in [6.07, 6.45) is 1.96. The summed E-state index contributed by atoms with van der Waals surface area (Å²) in [6, 6.07) is 8.39. The molecule has 122 valence electrons. The Morgan fingerprint density at radius 1 is 1.32 bits per heavy atom. The van der Waals surface area contributed by atoms with E-state index in [9.17, 15) is 4.79 Å². The Morgan fingerprint density at radius 2 is 1.95 bits per heavy atom. The molecule has 1 fully saturated rings. The third-order valence-corrected chi connectivity index (χ3v) is 5.38. The Balaban J connectivity index is 1.63. The second-order valence-electron chi connectivity index (χ2n) is 6.00.